The molecule has 7 nitrogen and oxygen atoms in total. The van der Waals surface area contributed by atoms with Crippen LogP contribution in [0, 0.1) is 10.1 Å². The Morgan fingerprint density at radius 1 is 1.56 bits per heavy atom. The van der Waals surface area contributed by atoms with Crippen LogP contribution in [0.3, 0.4) is 0 Å². The summed E-state index contributed by atoms with van der Waals surface area (Å²) in [7, 11) is 1.70. The van der Waals surface area contributed by atoms with Crippen LogP contribution >= 0.6 is 0 Å². The first-order valence-electron chi connectivity index (χ1n) is 5.36. The summed E-state index contributed by atoms with van der Waals surface area (Å²) in [5.74, 6) is -0.286. The predicted octanol–water partition coefficient (Wildman–Crippen LogP) is 0.457. The minimum atomic E-state index is -0.520. The highest BCUT2D eigenvalue weighted by atomic mass is 16.6. The minimum Gasteiger partial charge on any atom is -0.395 e. The fourth-order valence-electron chi connectivity index (χ4n) is 1.39. The fourth-order valence-corrected chi connectivity index (χ4v) is 1.39. The van der Waals surface area contributed by atoms with Gasteiger partial charge in [0.2, 0.25) is 5.91 Å². The maximum atomic E-state index is 11.6. The van der Waals surface area contributed by atoms with Gasteiger partial charge in [0.05, 0.1) is 18.1 Å². The average Bonchev–Trinajstić information content (AvgIpc) is 2.29. The van der Waals surface area contributed by atoms with E-state index in [4.69, 9.17) is 5.11 Å². The Kier molecular flexibility index (Phi) is 5.22. The average molecular weight is 253 g/mol. The molecule has 0 atom stereocenters. The van der Waals surface area contributed by atoms with Gasteiger partial charge in [0, 0.05) is 24.4 Å². The number of likely N-dealkylation sites (N-methyl/N-ethyl adjacent to an activating group) is 1. The summed E-state index contributed by atoms with van der Waals surface area (Å²) in [6.07, 6.45) is 0. The Morgan fingerprint density at radius 3 is 2.89 bits per heavy atom. The first kappa shape index (κ1) is 14.1. The number of rotatable bonds is 6. The maximum absolute atomic E-state index is 11.6. The lowest BCUT2D eigenvalue weighted by Gasteiger charge is -2.14. The van der Waals surface area contributed by atoms with Crippen LogP contribution in [0.1, 0.15) is 0 Å². The number of hydrogen-bond donors (Lipinski definition) is 2. The molecule has 0 aliphatic rings. The highest BCUT2D eigenvalue weighted by Gasteiger charge is 2.09. The maximum Gasteiger partial charge on any atom is 0.271 e. The van der Waals surface area contributed by atoms with Gasteiger partial charge in [0.1, 0.15) is 0 Å². The highest BCUT2D eigenvalue weighted by Crippen LogP contribution is 2.16. The van der Waals surface area contributed by atoms with Gasteiger partial charge < -0.3 is 10.4 Å². The molecule has 1 aromatic carbocycles. The van der Waals surface area contributed by atoms with E-state index in [0.717, 1.165) is 0 Å². The molecule has 0 bridgehead atoms. The highest BCUT2D eigenvalue weighted by molar-refractivity contribution is 5.92. The summed E-state index contributed by atoms with van der Waals surface area (Å²) >= 11 is 0. The number of aliphatic hydroxyl groups is 1. The molecule has 0 aromatic heterocycles. The molecule has 0 aliphatic carbocycles. The first-order chi connectivity index (χ1) is 8.52. The molecule has 98 valence electrons. The van der Waals surface area contributed by atoms with Gasteiger partial charge >= 0.3 is 0 Å². The number of hydrogen-bond acceptors (Lipinski definition) is 5. The fraction of sp³-hybridized carbons (Fsp3) is 0.364. The number of nitro benzene ring substituents is 1. The third-order valence-electron chi connectivity index (χ3n) is 2.24. The third kappa shape index (κ3) is 4.48. The Bertz CT molecular complexity index is 436. The van der Waals surface area contributed by atoms with Gasteiger partial charge in [-0.25, -0.2) is 0 Å². The number of carbonyl (C=O) groups is 1. The quantitative estimate of drug-likeness (QED) is 0.567. The van der Waals surface area contributed by atoms with Gasteiger partial charge in [-0.15, -0.1) is 0 Å². The molecule has 0 radical (unpaired) electrons. The van der Waals surface area contributed by atoms with Gasteiger partial charge in [-0.3, -0.25) is 19.8 Å². The number of carbonyl (C=O) groups excluding carboxylic acids is 1. The van der Waals surface area contributed by atoms with Crippen molar-refractivity contribution >= 4 is 17.3 Å². The SMILES string of the molecule is CN(CCO)CC(=O)Nc1cccc([N+](=O)[O-])c1. The standard InChI is InChI=1S/C11H15N3O4/c1-13(5-6-15)8-11(16)12-9-3-2-4-10(7-9)14(17)18/h2-4,7,15H,5-6,8H2,1H3,(H,12,16). The minimum absolute atomic E-state index is 0.0272. The van der Waals surface area contributed by atoms with Crippen molar-refractivity contribution in [1.82, 2.24) is 4.90 Å². The molecule has 0 fully saturated rings. The molecule has 2 N–H and O–H groups in total. The number of nitrogens with zero attached hydrogens (tertiary/aromatic N) is 2. The zero-order valence-corrected chi connectivity index (χ0v) is 10.00. The monoisotopic (exact) mass is 253 g/mol. The largest absolute Gasteiger partial charge is 0.395 e. The number of nitrogens with one attached hydrogen (secondary N) is 1. The molecule has 1 aromatic rings. The number of anilines is 1. The molecule has 0 saturated heterocycles. The van der Waals surface area contributed by atoms with Crippen LogP contribution in [0.2, 0.25) is 0 Å². The summed E-state index contributed by atoms with van der Waals surface area (Å²) in [5, 5.41) is 21.8. The van der Waals surface area contributed by atoms with E-state index in [1.807, 2.05) is 0 Å². The number of aliphatic hydroxyl groups excluding tert-OH is 1. The smallest absolute Gasteiger partial charge is 0.271 e. The molecular weight excluding hydrogens is 238 g/mol. The van der Waals surface area contributed by atoms with E-state index >= 15 is 0 Å². The van der Waals surface area contributed by atoms with Crippen molar-refractivity contribution in [1.29, 1.82) is 0 Å². The second-order valence-electron chi connectivity index (χ2n) is 3.82. The number of amides is 1. The van der Waals surface area contributed by atoms with Crippen molar-refractivity contribution in [3.05, 3.63) is 34.4 Å². The van der Waals surface area contributed by atoms with Gasteiger partial charge in [0.15, 0.2) is 0 Å². The van der Waals surface area contributed by atoms with E-state index in [-0.39, 0.29) is 24.7 Å². The predicted molar refractivity (Wildman–Crippen MR) is 66.3 cm³/mol. The molecule has 0 aliphatic heterocycles. The van der Waals surface area contributed by atoms with E-state index in [0.29, 0.717) is 12.2 Å². The summed E-state index contributed by atoms with van der Waals surface area (Å²) in [6, 6.07) is 5.74. The van der Waals surface area contributed by atoms with E-state index in [1.54, 1.807) is 18.0 Å². The van der Waals surface area contributed by atoms with Crippen LogP contribution < -0.4 is 5.32 Å². The molecular formula is C11H15N3O4. The van der Waals surface area contributed by atoms with Crippen molar-refractivity contribution in [3.8, 4) is 0 Å². The Labute approximate surface area is 104 Å². The molecule has 1 amide bonds. The lowest BCUT2D eigenvalue weighted by Crippen LogP contribution is -2.32. The van der Waals surface area contributed by atoms with E-state index in [9.17, 15) is 14.9 Å². The molecule has 0 saturated carbocycles. The van der Waals surface area contributed by atoms with Crippen LogP contribution in [0.4, 0.5) is 11.4 Å². The first-order valence-corrected chi connectivity index (χ1v) is 5.36. The summed E-state index contributed by atoms with van der Waals surface area (Å²) < 4.78 is 0. The van der Waals surface area contributed by atoms with Crippen LogP contribution in [0.5, 0.6) is 0 Å². The lowest BCUT2D eigenvalue weighted by atomic mass is 10.3. The van der Waals surface area contributed by atoms with E-state index < -0.39 is 4.92 Å². The number of nitro groups is 1. The van der Waals surface area contributed by atoms with Crippen molar-refractivity contribution < 1.29 is 14.8 Å². The number of non-ortho nitro benzene ring substituents is 1. The van der Waals surface area contributed by atoms with Crippen molar-refractivity contribution in [3.63, 3.8) is 0 Å². The Hall–Kier alpha value is -1.99. The third-order valence-corrected chi connectivity index (χ3v) is 2.24. The molecule has 0 heterocycles. The zero-order valence-electron chi connectivity index (χ0n) is 10.00. The second-order valence-corrected chi connectivity index (χ2v) is 3.82. The summed E-state index contributed by atoms with van der Waals surface area (Å²) in [5.41, 5.74) is 0.308. The Morgan fingerprint density at radius 2 is 2.28 bits per heavy atom. The molecule has 1 rings (SSSR count). The summed E-state index contributed by atoms with van der Waals surface area (Å²) in [4.78, 5) is 23.3. The zero-order chi connectivity index (χ0) is 13.5. The lowest BCUT2D eigenvalue weighted by molar-refractivity contribution is -0.384. The van der Waals surface area contributed by atoms with Crippen molar-refractivity contribution in [2.45, 2.75) is 0 Å². The Balaban J connectivity index is 2.59. The van der Waals surface area contributed by atoms with Crippen LogP contribution in [0.15, 0.2) is 24.3 Å². The van der Waals surface area contributed by atoms with Crippen LogP contribution in [0.25, 0.3) is 0 Å². The normalized spacial score (nSPS) is 10.4. The van der Waals surface area contributed by atoms with Crippen LogP contribution in [-0.2, 0) is 4.79 Å². The second kappa shape index (κ2) is 6.67. The number of benzene rings is 1. The van der Waals surface area contributed by atoms with Gasteiger partial charge in [-0.05, 0) is 13.1 Å². The van der Waals surface area contributed by atoms with Crippen molar-refractivity contribution in [2.24, 2.45) is 0 Å². The summed E-state index contributed by atoms with van der Waals surface area (Å²) in [6.45, 7) is 0.478. The molecule has 18 heavy (non-hydrogen) atoms. The van der Waals surface area contributed by atoms with Gasteiger partial charge in [0.25, 0.3) is 5.69 Å². The molecule has 0 unspecified atom stereocenters. The van der Waals surface area contributed by atoms with E-state index in [2.05, 4.69) is 5.32 Å². The molecule has 0 spiro atoms. The van der Waals surface area contributed by atoms with E-state index in [1.165, 1.54) is 18.2 Å². The van der Waals surface area contributed by atoms with Crippen LogP contribution in [-0.4, -0.2) is 47.6 Å². The van der Waals surface area contributed by atoms with Crippen molar-refractivity contribution in [2.75, 3.05) is 32.1 Å². The van der Waals surface area contributed by atoms with Gasteiger partial charge in [-0.1, -0.05) is 6.07 Å². The molecule has 7 heteroatoms. The topological polar surface area (TPSA) is 95.7 Å². The van der Waals surface area contributed by atoms with Gasteiger partial charge in [-0.2, -0.15) is 0 Å².